The van der Waals surface area contributed by atoms with Crippen LogP contribution in [0.15, 0.2) is 6.07 Å². The van der Waals surface area contributed by atoms with Crippen LogP contribution in [-0.2, 0) is 11.3 Å². The van der Waals surface area contributed by atoms with Crippen molar-refractivity contribution in [3.63, 3.8) is 0 Å². The molecule has 5 heteroatoms. The minimum atomic E-state index is -0.871. The van der Waals surface area contributed by atoms with Crippen molar-refractivity contribution in [2.75, 3.05) is 0 Å². The van der Waals surface area contributed by atoms with Gasteiger partial charge in [0.05, 0.1) is 5.69 Å². The second-order valence-corrected chi connectivity index (χ2v) is 5.69. The highest BCUT2D eigenvalue weighted by atomic mass is 16.4. The average Bonchev–Trinajstić information content (AvgIpc) is 2.56. The van der Waals surface area contributed by atoms with Crippen molar-refractivity contribution in [1.29, 1.82) is 0 Å². The summed E-state index contributed by atoms with van der Waals surface area (Å²) in [6.07, 6.45) is 1.36. The predicted octanol–water partition coefficient (Wildman–Crippen LogP) is 2.12. The number of nitrogens with one attached hydrogen (secondary N) is 1. The number of rotatable bonds is 7. The fourth-order valence-corrected chi connectivity index (χ4v) is 2.36. The van der Waals surface area contributed by atoms with Crippen LogP contribution in [0.25, 0.3) is 0 Å². The molecule has 1 aromatic heterocycles. The van der Waals surface area contributed by atoms with Gasteiger partial charge < -0.3 is 5.11 Å². The summed E-state index contributed by atoms with van der Waals surface area (Å²) < 4.78 is 1.94. The van der Waals surface area contributed by atoms with E-state index < -0.39 is 11.5 Å². The highest BCUT2D eigenvalue weighted by molar-refractivity contribution is 5.78. The molecule has 0 saturated heterocycles. The van der Waals surface area contributed by atoms with Gasteiger partial charge in [-0.2, -0.15) is 5.10 Å². The molecule has 0 bridgehead atoms. The Balaban J connectivity index is 2.58. The zero-order valence-electron chi connectivity index (χ0n) is 12.5. The van der Waals surface area contributed by atoms with Crippen molar-refractivity contribution in [2.24, 2.45) is 0 Å². The molecule has 1 unspecified atom stereocenters. The van der Waals surface area contributed by atoms with Crippen molar-refractivity contribution in [2.45, 2.75) is 65.6 Å². The van der Waals surface area contributed by atoms with Crippen LogP contribution in [0, 0.1) is 13.8 Å². The average molecular weight is 267 g/mol. The fourth-order valence-electron chi connectivity index (χ4n) is 2.36. The van der Waals surface area contributed by atoms with Gasteiger partial charge in [-0.1, -0.05) is 0 Å². The second kappa shape index (κ2) is 6.19. The van der Waals surface area contributed by atoms with Crippen LogP contribution in [0.2, 0.25) is 0 Å². The Hall–Kier alpha value is -1.36. The van der Waals surface area contributed by atoms with Crippen molar-refractivity contribution in [1.82, 2.24) is 15.1 Å². The van der Waals surface area contributed by atoms with Crippen molar-refractivity contribution in [3.05, 3.63) is 17.5 Å². The summed E-state index contributed by atoms with van der Waals surface area (Å²) in [5.41, 5.74) is 1.25. The van der Waals surface area contributed by atoms with Crippen LogP contribution in [0.1, 0.15) is 45.0 Å². The van der Waals surface area contributed by atoms with Gasteiger partial charge in [-0.25, -0.2) is 0 Å². The topological polar surface area (TPSA) is 67.2 Å². The first-order valence-electron chi connectivity index (χ1n) is 6.77. The molecule has 0 aliphatic carbocycles. The van der Waals surface area contributed by atoms with E-state index in [2.05, 4.69) is 10.4 Å². The minimum Gasteiger partial charge on any atom is -0.480 e. The van der Waals surface area contributed by atoms with Crippen LogP contribution in [0.3, 0.4) is 0 Å². The number of carboxylic acid groups (broad SMARTS) is 1. The number of hydrogen-bond donors (Lipinski definition) is 2. The van der Waals surface area contributed by atoms with Crippen LogP contribution in [0.5, 0.6) is 0 Å². The summed E-state index contributed by atoms with van der Waals surface area (Å²) in [6.45, 7) is 10.4. The smallest absolute Gasteiger partial charge is 0.323 e. The zero-order valence-corrected chi connectivity index (χ0v) is 12.5. The van der Waals surface area contributed by atoms with Gasteiger partial charge in [-0.3, -0.25) is 14.8 Å². The van der Waals surface area contributed by atoms with Gasteiger partial charge in [0.15, 0.2) is 0 Å². The number of aromatic nitrogens is 2. The molecule has 0 amide bonds. The third-order valence-electron chi connectivity index (χ3n) is 3.23. The molecule has 0 aliphatic heterocycles. The van der Waals surface area contributed by atoms with Crippen molar-refractivity contribution < 1.29 is 9.90 Å². The van der Waals surface area contributed by atoms with Crippen molar-refractivity contribution in [3.8, 4) is 0 Å². The first-order valence-corrected chi connectivity index (χ1v) is 6.77. The summed E-state index contributed by atoms with van der Waals surface area (Å²) in [7, 11) is 0. The molecule has 1 aromatic rings. The molecular weight excluding hydrogens is 242 g/mol. The molecule has 1 rings (SSSR count). The molecule has 0 aliphatic rings. The summed E-state index contributed by atoms with van der Waals surface area (Å²) in [5, 5.41) is 16.9. The highest BCUT2D eigenvalue weighted by Crippen LogP contribution is 2.15. The SMILES string of the molecule is Cc1cc(C)n(CCCC(C)(NC(C)C)C(=O)O)n1. The van der Waals surface area contributed by atoms with E-state index >= 15 is 0 Å². The standard InChI is InChI=1S/C14H25N3O2/c1-10(2)15-14(5,13(18)19)7-6-8-17-12(4)9-11(3)16-17/h9-10,15H,6-8H2,1-5H3,(H,18,19). The maximum Gasteiger partial charge on any atom is 0.323 e. The third-order valence-corrected chi connectivity index (χ3v) is 3.23. The number of aliphatic carboxylic acids is 1. The molecule has 108 valence electrons. The lowest BCUT2D eigenvalue weighted by Crippen LogP contribution is -2.52. The molecule has 0 spiro atoms. The molecule has 0 saturated carbocycles. The number of carbonyl (C=O) groups is 1. The number of aryl methyl sites for hydroxylation is 3. The maximum atomic E-state index is 11.4. The van der Waals surface area contributed by atoms with Crippen LogP contribution in [0.4, 0.5) is 0 Å². The number of nitrogens with zero attached hydrogens (tertiary/aromatic N) is 2. The Labute approximate surface area is 115 Å². The number of carboxylic acids is 1. The van der Waals surface area contributed by atoms with E-state index in [0.29, 0.717) is 6.42 Å². The van der Waals surface area contributed by atoms with E-state index in [9.17, 15) is 9.90 Å². The fraction of sp³-hybridized carbons (Fsp3) is 0.714. The second-order valence-electron chi connectivity index (χ2n) is 5.69. The molecule has 1 atom stereocenters. The third kappa shape index (κ3) is 4.35. The first kappa shape index (κ1) is 15.7. The largest absolute Gasteiger partial charge is 0.480 e. The van der Waals surface area contributed by atoms with Gasteiger partial charge in [-0.05, 0) is 53.5 Å². The lowest BCUT2D eigenvalue weighted by atomic mass is 9.95. The summed E-state index contributed by atoms with van der Waals surface area (Å²) >= 11 is 0. The summed E-state index contributed by atoms with van der Waals surface area (Å²) in [4.78, 5) is 11.4. The first-order chi connectivity index (χ1) is 8.74. The zero-order chi connectivity index (χ0) is 14.6. The van der Waals surface area contributed by atoms with Crippen LogP contribution < -0.4 is 5.32 Å². The van der Waals surface area contributed by atoms with E-state index in [4.69, 9.17) is 0 Å². The van der Waals surface area contributed by atoms with Gasteiger partial charge in [0.25, 0.3) is 0 Å². The van der Waals surface area contributed by atoms with E-state index in [1.165, 1.54) is 0 Å². The normalized spacial score (nSPS) is 14.6. The Morgan fingerprint density at radius 1 is 1.53 bits per heavy atom. The minimum absolute atomic E-state index is 0.148. The van der Waals surface area contributed by atoms with Gasteiger partial charge in [0.2, 0.25) is 0 Å². The molecule has 5 nitrogen and oxygen atoms in total. The maximum absolute atomic E-state index is 11.4. The van der Waals surface area contributed by atoms with E-state index in [-0.39, 0.29) is 6.04 Å². The van der Waals surface area contributed by atoms with E-state index in [0.717, 1.165) is 24.4 Å². The van der Waals surface area contributed by atoms with Crippen LogP contribution in [-0.4, -0.2) is 32.4 Å². The molecule has 1 heterocycles. The van der Waals surface area contributed by atoms with Crippen LogP contribution >= 0.6 is 0 Å². The highest BCUT2D eigenvalue weighted by Gasteiger charge is 2.32. The summed E-state index contributed by atoms with van der Waals surface area (Å²) in [6, 6.07) is 2.18. The van der Waals surface area contributed by atoms with E-state index in [1.54, 1.807) is 6.92 Å². The van der Waals surface area contributed by atoms with Gasteiger partial charge >= 0.3 is 5.97 Å². The molecule has 0 radical (unpaired) electrons. The monoisotopic (exact) mass is 267 g/mol. The van der Waals surface area contributed by atoms with E-state index in [1.807, 2.05) is 38.4 Å². The Bertz CT molecular complexity index is 440. The molecule has 2 N–H and O–H groups in total. The number of hydrogen-bond acceptors (Lipinski definition) is 3. The lowest BCUT2D eigenvalue weighted by Gasteiger charge is -2.28. The van der Waals surface area contributed by atoms with Gasteiger partial charge in [0.1, 0.15) is 5.54 Å². The lowest BCUT2D eigenvalue weighted by molar-refractivity contribution is -0.144. The molecular formula is C14H25N3O2. The molecule has 19 heavy (non-hydrogen) atoms. The Morgan fingerprint density at radius 2 is 2.16 bits per heavy atom. The summed E-state index contributed by atoms with van der Waals surface area (Å²) in [5.74, 6) is -0.797. The molecule has 0 fully saturated rings. The van der Waals surface area contributed by atoms with Gasteiger partial charge in [0, 0.05) is 18.3 Å². The molecule has 0 aromatic carbocycles. The Morgan fingerprint density at radius 3 is 2.58 bits per heavy atom. The Kier molecular flexibility index (Phi) is 5.11. The van der Waals surface area contributed by atoms with Gasteiger partial charge in [-0.15, -0.1) is 0 Å². The quantitative estimate of drug-likeness (QED) is 0.794. The predicted molar refractivity (Wildman–Crippen MR) is 75.2 cm³/mol. The van der Waals surface area contributed by atoms with Crippen molar-refractivity contribution >= 4 is 5.97 Å².